The van der Waals surface area contributed by atoms with Gasteiger partial charge in [0.2, 0.25) is 11.8 Å². The highest BCUT2D eigenvalue weighted by Gasteiger charge is 2.38. The highest BCUT2D eigenvalue weighted by atomic mass is 19.1. The molecule has 0 bridgehead atoms. The quantitative estimate of drug-likeness (QED) is 0.428. The number of hydrogen-bond donors (Lipinski definition) is 2. The SMILES string of the molecule is C=C1C[C@@H](C(=O)Nc2ccc(F)cc2)N(C(=O)[C@H](CCCC)CNC(=O)OCc2ccc(OC)cc2)C1. The van der Waals surface area contributed by atoms with Crippen LogP contribution >= 0.6 is 0 Å². The zero-order chi connectivity index (χ0) is 26.8. The number of anilines is 1. The molecule has 0 aliphatic carbocycles. The van der Waals surface area contributed by atoms with Crippen molar-refractivity contribution >= 4 is 23.6 Å². The lowest BCUT2D eigenvalue weighted by Gasteiger charge is -2.28. The van der Waals surface area contributed by atoms with Crippen molar-refractivity contribution in [3.8, 4) is 5.75 Å². The molecule has 0 unspecified atom stereocenters. The molecule has 1 heterocycles. The van der Waals surface area contributed by atoms with E-state index in [2.05, 4.69) is 17.2 Å². The van der Waals surface area contributed by atoms with Gasteiger partial charge in [0.15, 0.2) is 0 Å². The lowest BCUT2D eigenvalue weighted by Crippen LogP contribution is -2.48. The standard InChI is InChI=1S/C28H34FN3O5/c1-4-5-6-21(16-30-28(35)37-18-20-7-13-24(36-3)14-8-20)27(34)32-17-19(2)15-25(32)26(33)31-23-11-9-22(29)10-12-23/h7-14,21,25H,2,4-6,15-18H2,1,3H3,(H,30,35)(H,31,33)/t21-,25+/m1/s1. The molecule has 1 saturated heterocycles. The van der Waals surface area contributed by atoms with Crippen molar-refractivity contribution in [2.75, 3.05) is 25.5 Å². The van der Waals surface area contributed by atoms with E-state index in [1.54, 1.807) is 31.4 Å². The van der Waals surface area contributed by atoms with Crippen LogP contribution in [0.4, 0.5) is 14.9 Å². The third-order valence-electron chi connectivity index (χ3n) is 6.23. The van der Waals surface area contributed by atoms with E-state index in [1.807, 2.05) is 6.92 Å². The van der Waals surface area contributed by atoms with Gasteiger partial charge in [0.1, 0.15) is 24.2 Å². The first kappa shape index (κ1) is 27.7. The predicted molar refractivity (Wildman–Crippen MR) is 138 cm³/mol. The molecule has 2 aromatic rings. The van der Waals surface area contributed by atoms with Gasteiger partial charge in [-0.25, -0.2) is 9.18 Å². The van der Waals surface area contributed by atoms with Gasteiger partial charge in [0.25, 0.3) is 0 Å². The van der Waals surface area contributed by atoms with Gasteiger partial charge < -0.3 is 25.0 Å². The molecule has 3 rings (SSSR count). The fraction of sp³-hybridized carbons (Fsp3) is 0.393. The molecule has 1 aliphatic heterocycles. The van der Waals surface area contributed by atoms with E-state index in [1.165, 1.54) is 29.2 Å². The predicted octanol–water partition coefficient (Wildman–Crippen LogP) is 4.66. The van der Waals surface area contributed by atoms with Crippen LogP contribution in [-0.4, -0.2) is 49.0 Å². The Morgan fingerprint density at radius 3 is 2.49 bits per heavy atom. The van der Waals surface area contributed by atoms with E-state index >= 15 is 0 Å². The molecule has 0 radical (unpaired) electrons. The molecule has 0 saturated carbocycles. The van der Waals surface area contributed by atoms with Crippen LogP contribution in [0.25, 0.3) is 0 Å². The second-order valence-corrected chi connectivity index (χ2v) is 9.08. The van der Waals surface area contributed by atoms with Gasteiger partial charge >= 0.3 is 6.09 Å². The number of halogens is 1. The Balaban J connectivity index is 1.59. The summed E-state index contributed by atoms with van der Waals surface area (Å²) in [5, 5.41) is 5.45. The van der Waals surface area contributed by atoms with E-state index in [0.29, 0.717) is 24.3 Å². The largest absolute Gasteiger partial charge is 0.497 e. The number of carbonyl (C=O) groups is 3. The molecule has 37 heavy (non-hydrogen) atoms. The molecule has 2 N–H and O–H groups in total. The van der Waals surface area contributed by atoms with E-state index in [-0.39, 0.29) is 31.5 Å². The summed E-state index contributed by atoms with van der Waals surface area (Å²) in [7, 11) is 1.58. The third-order valence-corrected chi connectivity index (χ3v) is 6.23. The number of rotatable bonds is 11. The first-order chi connectivity index (χ1) is 17.8. The summed E-state index contributed by atoms with van der Waals surface area (Å²) >= 11 is 0. The fourth-order valence-electron chi connectivity index (χ4n) is 4.15. The van der Waals surface area contributed by atoms with E-state index in [4.69, 9.17) is 9.47 Å². The normalized spacial score (nSPS) is 15.7. The van der Waals surface area contributed by atoms with Crippen LogP contribution in [0, 0.1) is 11.7 Å². The number of amides is 3. The van der Waals surface area contributed by atoms with Crippen molar-refractivity contribution < 1.29 is 28.2 Å². The number of nitrogens with one attached hydrogen (secondary N) is 2. The Morgan fingerprint density at radius 2 is 1.84 bits per heavy atom. The maximum Gasteiger partial charge on any atom is 0.407 e. The lowest BCUT2D eigenvalue weighted by atomic mass is 9.99. The topological polar surface area (TPSA) is 97.0 Å². The van der Waals surface area contributed by atoms with E-state index < -0.39 is 23.9 Å². The number of likely N-dealkylation sites (tertiary alicyclic amines) is 1. The number of alkyl carbamates (subject to hydrolysis) is 1. The lowest BCUT2D eigenvalue weighted by molar-refractivity contribution is -0.140. The number of benzene rings is 2. The van der Waals surface area contributed by atoms with Gasteiger partial charge in [0, 0.05) is 18.8 Å². The number of ether oxygens (including phenoxy) is 2. The molecule has 1 aliphatic rings. The first-order valence-corrected chi connectivity index (χ1v) is 12.4. The van der Waals surface area contributed by atoms with Crippen molar-refractivity contribution in [2.24, 2.45) is 5.92 Å². The number of unbranched alkanes of at least 4 members (excludes halogenated alkanes) is 1. The minimum Gasteiger partial charge on any atom is -0.497 e. The van der Waals surface area contributed by atoms with Crippen molar-refractivity contribution in [2.45, 2.75) is 45.3 Å². The Bertz CT molecular complexity index is 1090. The van der Waals surface area contributed by atoms with Crippen LogP contribution in [-0.2, 0) is 20.9 Å². The monoisotopic (exact) mass is 511 g/mol. The Hall–Kier alpha value is -3.88. The van der Waals surface area contributed by atoms with Crippen LogP contribution in [0.1, 0.15) is 38.2 Å². The van der Waals surface area contributed by atoms with Crippen molar-refractivity contribution in [1.29, 1.82) is 0 Å². The van der Waals surface area contributed by atoms with Crippen molar-refractivity contribution in [3.63, 3.8) is 0 Å². The van der Waals surface area contributed by atoms with E-state index in [9.17, 15) is 18.8 Å². The van der Waals surface area contributed by atoms with Crippen LogP contribution in [0.2, 0.25) is 0 Å². The zero-order valence-corrected chi connectivity index (χ0v) is 21.3. The molecule has 198 valence electrons. The second kappa shape index (κ2) is 13.4. The Kier molecular flexibility index (Phi) is 10.1. The maximum atomic E-state index is 13.5. The van der Waals surface area contributed by atoms with Gasteiger partial charge in [-0.2, -0.15) is 0 Å². The smallest absolute Gasteiger partial charge is 0.407 e. The second-order valence-electron chi connectivity index (χ2n) is 9.08. The highest BCUT2D eigenvalue weighted by molar-refractivity contribution is 5.98. The number of carbonyl (C=O) groups excluding carboxylic acids is 3. The molecule has 8 nitrogen and oxygen atoms in total. The van der Waals surface area contributed by atoms with Gasteiger partial charge in [-0.05, 0) is 54.8 Å². The molecule has 1 fully saturated rings. The summed E-state index contributed by atoms with van der Waals surface area (Å²) < 4.78 is 23.6. The van der Waals surface area contributed by atoms with E-state index in [0.717, 1.165) is 24.0 Å². The fourth-order valence-corrected chi connectivity index (χ4v) is 4.15. The summed E-state index contributed by atoms with van der Waals surface area (Å²) in [5.74, 6) is -0.792. The maximum absolute atomic E-state index is 13.5. The minimum absolute atomic E-state index is 0.0843. The molecule has 0 spiro atoms. The molecular weight excluding hydrogens is 477 g/mol. The Morgan fingerprint density at radius 1 is 1.14 bits per heavy atom. The third kappa shape index (κ3) is 8.06. The molecule has 0 aromatic heterocycles. The minimum atomic E-state index is -0.726. The summed E-state index contributed by atoms with van der Waals surface area (Å²) in [5.41, 5.74) is 2.02. The Labute approximate surface area is 216 Å². The summed E-state index contributed by atoms with van der Waals surface area (Å²) in [6, 6.07) is 11.9. The molecule has 9 heteroatoms. The molecule has 3 amide bonds. The van der Waals surface area contributed by atoms with Gasteiger partial charge in [-0.3, -0.25) is 9.59 Å². The average Bonchev–Trinajstić information content (AvgIpc) is 3.30. The summed E-state index contributed by atoms with van der Waals surface area (Å²) in [4.78, 5) is 40.3. The van der Waals surface area contributed by atoms with Crippen LogP contribution in [0.15, 0.2) is 60.7 Å². The van der Waals surface area contributed by atoms with Gasteiger partial charge in [-0.15, -0.1) is 0 Å². The van der Waals surface area contributed by atoms with Gasteiger partial charge in [0.05, 0.1) is 13.0 Å². The van der Waals surface area contributed by atoms with Crippen LogP contribution in [0.5, 0.6) is 5.75 Å². The van der Waals surface area contributed by atoms with Crippen molar-refractivity contribution in [1.82, 2.24) is 10.2 Å². The van der Waals surface area contributed by atoms with Crippen LogP contribution < -0.4 is 15.4 Å². The summed E-state index contributed by atoms with van der Waals surface area (Å²) in [6.07, 6.45) is 1.95. The summed E-state index contributed by atoms with van der Waals surface area (Å²) in [6.45, 7) is 6.45. The molecule has 2 atom stereocenters. The van der Waals surface area contributed by atoms with Crippen molar-refractivity contribution in [3.05, 3.63) is 72.1 Å². The zero-order valence-electron chi connectivity index (χ0n) is 21.3. The number of hydrogen-bond acceptors (Lipinski definition) is 5. The van der Waals surface area contributed by atoms with Gasteiger partial charge in [-0.1, -0.05) is 44.1 Å². The first-order valence-electron chi connectivity index (χ1n) is 12.4. The molecule has 2 aromatic carbocycles. The highest BCUT2D eigenvalue weighted by Crippen LogP contribution is 2.26. The number of methoxy groups -OCH3 is 1. The number of nitrogens with zero attached hydrogens (tertiary/aromatic N) is 1. The van der Waals surface area contributed by atoms with Crippen LogP contribution in [0.3, 0.4) is 0 Å². The average molecular weight is 512 g/mol. The molecular formula is C28H34FN3O5.